The highest BCUT2D eigenvalue weighted by Gasteiger charge is 2.17. The minimum Gasteiger partial charge on any atom is -0.484 e. The van der Waals surface area contributed by atoms with Crippen LogP contribution in [0.5, 0.6) is 5.75 Å². The van der Waals surface area contributed by atoms with Gasteiger partial charge >= 0.3 is 0 Å². The summed E-state index contributed by atoms with van der Waals surface area (Å²) in [5.74, 6) is 0.547. The van der Waals surface area contributed by atoms with E-state index in [1.807, 2.05) is 59.5 Å². The maximum atomic E-state index is 13.1. The fourth-order valence-electron chi connectivity index (χ4n) is 3.53. The first-order valence-electron chi connectivity index (χ1n) is 10.6. The average molecular weight is 445 g/mol. The molecule has 0 bridgehead atoms. The molecule has 1 amide bonds. The predicted octanol–water partition coefficient (Wildman–Crippen LogP) is 5.80. The number of nitrogens with zero attached hydrogens (tertiary/aromatic N) is 2. The Morgan fingerprint density at radius 2 is 1.44 bits per heavy atom. The van der Waals surface area contributed by atoms with Crippen molar-refractivity contribution < 1.29 is 9.53 Å². The highest BCUT2D eigenvalue weighted by Crippen LogP contribution is 2.17. The lowest BCUT2D eigenvalue weighted by Crippen LogP contribution is -2.34. The summed E-state index contributed by atoms with van der Waals surface area (Å²) >= 11 is 5.93. The fourth-order valence-corrected chi connectivity index (χ4v) is 3.65. The molecule has 4 aromatic rings. The molecule has 0 N–H and O–H groups in total. The molecule has 162 valence electrons. The molecule has 3 aromatic carbocycles. The van der Waals surface area contributed by atoms with Crippen LogP contribution < -0.4 is 4.74 Å². The Bertz CT molecular complexity index is 1130. The average Bonchev–Trinajstić information content (AvgIpc) is 3.26. The van der Waals surface area contributed by atoms with Gasteiger partial charge in [0, 0.05) is 30.0 Å². The molecule has 4 nitrogen and oxygen atoms in total. The van der Waals surface area contributed by atoms with Gasteiger partial charge in [-0.3, -0.25) is 4.79 Å². The van der Waals surface area contributed by atoms with Crippen molar-refractivity contribution in [3.8, 4) is 5.75 Å². The lowest BCUT2D eigenvalue weighted by atomic mass is 10.2. The van der Waals surface area contributed by atoms with Crippen molar-refractivity contribution in [3.63, 3.8) is 0 Å². The van der Waals surface area contributed by atoms with Crippen LogP contribution in [0.25, 0.3) is 0 Å². The van der Waals surface area contributed by atoms with Gasteiger partial charge in [0.25, 0.3) is 5.91 Å². The molecule has 0 aliphatic rings. The summed E-state index contributed by atoms with van der Waals surface area (Å²) in [6.07, 6.45) is 2.05. The molecule has 0 fully saturated rings. The molecule has 0 atom stereocenters. The Morgan fingerprint density at radius 3 is 2.12 bits per heavy atom. The number of halogens is 1. The number of amides is 1. The molecule has 4 rings (SSSR count). The zero-order valence-corrected chi connectivity index (χ0v) is 18.5. The summed E-state index contributed by atoms with van der Waals surface area (Å²) in [6, 6.07) is 31.4. The topological polar surface area (TPSA) is 34.5 Å². The first-order chi connectivity index (χ1) is 15.7. The van der Waals surface area contributed by atoms with E-state index < -0.39 is 0 Å². The van der Waals surface area contributed by atoms with Crippen LogP contribution in [0, 0.1) is 0 Å². The molecule has 1 heterocycles. The van der Waals surface area contributed by atoms with Crippen LogP contribution >= 0.6 is 11.6 Å². The molecule has 0 aliphatic heterocycles. The summed E-state index contributed by atoms with van der Waals surface area (Å²) < 4.78 is 7.91. The zero-order valence-electron chi connectivity index (χ0n) is 17.7. The number of hydrogen-bond donors (Lipinski definition) is 0. The van der Waals surface area contributed by atoms with Gasteiger partial charge in [0.15, 0.2) is 6.61 Å². The van der Waals surface area contributed by atoms with Crippen molar-refractivity contribution in [2.75, 3.05) is 6.61 Å². The number of ether oxygens (including phenoxy) is 1. The maximum Gasteiger partial charge on any atom is 0.261 e. The van der Waals surface area contributed by atoms with Crippen LogP contribution in [0.3, 0.4) is 0 Å². The minimum absolute atomic E-state index is 0.0339. The highest BCUT2D eigenvalue weighted by atomic mass is 35.5. The molecule has 0 saturated heterocycles. The Morgan fingerprint density at radius 1 is 0.781 bits per heavy atom. The van der Waals surface area contributed by atoms with Crippen LogP contribution in [0.2, 0.25) is 5.02 Å². The number of hydrogen-bond acceptors (Lipinski definition) is 2. The van der Waals surface area contributed by atoms with Gasteiger partial charge in [-0.1, -0.05) is 72.3 Å². The minimum atomic E-state index is -0.0729. The highest BCUT2D eigenvalue weighted by molar-refractivity contribution is 6.30. The van der Waals surface area contributed by atoms with Crippen molar-refractivity contribution in [1.29, 1.82) is 0 Å². The third kappa shape index (κ3) is 6.02. The lowest BCUT2D eigenvalue weighted by Gasteiger charge is -2.24. The molecule has 5 heteroatoms. The molecule has 0 aliphatic carbocycles. The van der Waals surface area contributed by atoms with Crippen LogP contribution in [0.1, 0.15) is 16.8 Å². The van der Waals surface area contributed by atoms with Crippen molar-refractivity contribution in [2.24, 2.45) is 0 Å². The van der Waals surface area contributed by atoms with Gasteiger partial charge in [0.05, 0.1) is 6.54 Å². The second kappa shape index (κ2) is 10.7. The second-order valence-electron chi connectivity index (χ2n) is 7.59. The van der Waals surface area contributed by atoms with E-state index in [0.29, 0.717) is 23.9 Å². The van der Waals surface area contributed by atoms with Gasteiger partial charge in [0.1, 0.15) is 5.75 Å². The van der Waals surface area contributed by atoms with E-state index in [9.17, 15) is 4.79 Å². The van der Waals surface area contributed by atoms with Gasteiger partial charge in [0.2, 0.25) is 0 Å². The van der Waals surface area contributed by atoms with Crippen molar-refractivity contribution >= 4 is 17.5 Å². The largest absolute Gasteiger partial charge is 0.484 e. The number of carbonyl (C=O) groups excluding carboxylic acids is 1. The van der Waals surface area contributed by atoms with E-state index in [0.717, 1.165) is 17.8 Å². The van der Waals surface area contributed by atoms with Crippen LogP contribution in [0.15, 0.2) is 103 Å². The van der Waals surface area contributed by atoms with E-state index in [2.05, 4.69) is 29.0 Å². The Labute approximate surface area is 193 Å². The Hall–Kier alpha value is -3.50. The van der Waals surface area contributed by atoms with Crippen LogP contribution in [-0.2, 0) is 24.4 Å². The smallest absolute Gasteiger partial charge is 0.261 e. The third-order valence-corrected chi connectivity index (χ3v) is 5.47. The molecule has 0 saturated carbocycles. The van der Waals surface area contributed by atoms with Crippen LogP contribution in [-0.4, -0.2) is 22.0 Å². The summed E-state index contributed by atoms with van der Waals surface area (Å²) in [5, 5.41) is 0.633. The monoisotopic (exact) mass is 444 g/mol. The van der Waals surface area contributed by atoms with Crippen LogP contribution in [0.4, 0.5) is 0 Å². The van der Waals surface area contributed by atoms with Gasteiger partial charge in [-0.15, -0.1) is 0 Å². The number of benzene rings is 3. The van der Waals surface area contributed by atoms with Crippen molar-refractivity contribution in [2.45, 2.75) is 19.6 Å². The predicted molar refractivity (Wildman–Crippen MR) is 128 cm³/mol. The van der Waals surface area contributed by atoms with Crippen molar-refractivity contribution in [1.82, 2.24) is 9.47 Å². The number of carbonyl (C=O) groups is 1. The number of rotatable bonds is 9. The van der Waals surface area contributed by atoms with E-state index >= 15 is 0 Å². The summed E-state index contributed by atoms with van der Waals surface area (Å²) in [6.45, 7) is 1.74. The molecule has 0 spiro atoms. The molecular weight excluding hydrogens is 420 g/mol. The first kappa shape index (κ1) is 21.7. The normalized spacial score (nSPS) is 10.7. The second-order valence-corrected chi connectivity index (χ2v) is 8.03. The number of aromatic nitrogens is 1. The molecule has 1 aromatic heterocycles. The summed E-state index contributed by atoms with van der Waals surface area (Å²) in [7, 11) is 0. The van der Waals surface area contributed by atoms with Gasteiger partial charge in [-0.2, -0.15) is 0 Å². The Kier molecular flexibility index (Phi) is 7.26. The molecule has 0 radical (unpaired) electrons. The van der Waals surface area contributed by atoms with Gasteiger partial charge in [-0.05, 0) is 47.5 Å². The summed E-state index contributed by atoms with van der Waals surface area (Å²) in [4.78, 5) is 15.0. The first-order valence-corrected chi connectivity index (χ1v) is 10.9. The molecular formula is C27H25ClN2O2. The lowest BCUT2D eigenvalue weighted by molar-refractivity contribution is -0.134. The maximum absolute atomic E-state index is 13.1. The van der Waals surface area contributed by atoms with Crippen molar-refractivity contribution in [3.05, 3.63) is 125 Å². The Balaban J connectivity index is 1.49. The molecule has 0 unspecified atom stereocenters. The van der Waals surface area contributed by atoms with E-state index in [1.165, 1.54) is 5.56 Å². The standard InChI is InChI=1S/C27H25ClN2O2/c28-24-13-15-26(16-14-24)32-21-27(31)30(19-23-10-5-2-6-11-23)20-25-12-7-17-29(25)18-22-8-3-1-4-9-22/h1-17H,18-21H2. The van der Waals surface area contributed by atoms with E-state index in [-0.39, 0.29) is 12.5 Å². The molecule has 32 heavy (non-hydrogen) atoms. The fraction of sp³-hybridized carbons (Fsp3) is 0.148. The zero-order chi connectivity index (χ0) is 22.2. The van der Waals surface area contributed by atoms with Gasteiger partial charge < -0.3 is 14.2 Å². The van der Waals surface area contributed by atoms with Gasteiger partial charge in [-0.25, -0.2) is 0 Å². The quantitative estimate of drug-likeness (QED) is 0.327. The SMILES string of the molecule is O=C(COc1ccc(Cl)cc1)N(Cc1ccccc1)Cc1cccn1Cc1ccccc1. The van der Waals surface area contributed by atoms with E-state index in [1.54, 1.807) is 24.3 Å². The van der Waals surface area contributed by atoms with E-state index in [4.69, 9.17) is 16.3 Å². The third-order valence-electron chi connectivity index (χ3n) is 5.22. The summed E-state index contributed by atoms with van der Waals surface area (Å²) in [5.41, 5.74) is 3.37.